The number of aromatic nitrogens is 2. The standard InChI is InChI=1S/C15H18N4O/c1-2-19(12-5-6-16-10-12)15(20)11-3-4-13-14(9-11)18-8-7-17-13/h3-4,7-9,12,16H,2,5-6,10H2,1H3. The largest absolute Gasteiger partial charge is 0.335 e. The number of amides is 1. The number of rotatable bonds is 3. The Morgan fingerprint density at radius 3 is 2.85 bits per heavy atom. The predicted molar refractivity (Wildman–Crippen MR) is 77.5 cm³/mol. The van der Waals surface area contributed by atoms with Crippen molar-refractivity contribution >= 4 is 16.9 Å². The smallest absolute Gasteiger partial charge is 0.254 e. The average Bonchev–Trinajstić information content (AvgIpc) is 3.01. The molecule has 1 aliphatic rings. The van der Waals surface area contributed by atoms with Gasteiger partial charge in [0.25, 0.3) is 5.91 Å². The van der Waals surface area contributed by atoms with Crippen LogP contribution in [0.25, 0.3) is 11.0 Å². The molecule has 0 saturated carbocycles. The second-order valence-electron chi connectivity index (χ2n) is 5.00. The van der Waals surface area contributed by atoms with E-state index in [-0.39, 0.29) is 5.91 Å². The van der Waals surface area contributed by atoms with Crippen LogP contribution in [0.5, 0.6) is 0 Å². The van der Waals surface area contributed by atoms with E-state index >= 15 is 0 Å². The number of hydrogen-bond acceptors (Lipinski definition) is 4. The molecule has 3 rings (SSSR count). The highest BCUT2D eigenvalue weighted by molar-refractivity contribution is 5.97. The van der Waals surface area contributed by atoms with Gasteiger partial charge in [0.2, 0.25) is 0 Å². The van der Waals surface area contributed by atoms with Crippen molar-refractivity contribution in [2.45, 2.75) is 19.4 Å². The minimum Gasteiger partial charge on any atom is -0.335 e. The quantitative estimate of drug-likeness (QED) is 0.917. The Bertz CT molecular complexity index is 622. The van der Waals surface area contributed by atoms with E-state index in [1.54, 1.807) is 12.4 Å². The number of hydrogen-bond donors (Lipinski definition) is 1. The normalized spacial score (nSPS) is 18.4. The third-order valence-electron chi connectivity index (χ3n) is 3.79. The van der Waals surface area contributed by atoms with E-state index in [0.717, 1.165) is 37.1 Å². The predicted octanol–water partition coefficient (Wildman–Crippen LogP) is 1.45. The Labute approximate surface area is 118 Å². The molecule has 1 N–H and O–H groups in total. The van der Waals surface area contributed by atoms with E-state index in [9.17, 15) is 4.79 Å². The molecule has 1 aliphatic heterocycles. The van der Waals surface area contributed by atoms with E-state index in [1.165, 1.54) is 0 Å². The molecule has 2 aromatic rings. The number of nitrogens with zero attached hydrogens (tertiary/aromatic N) is 3. The van der Waals surface area contributed by atoms with Crippen LogP contribution in [0.2, 0.25) is 0 Å². The maximum Gasteiger partial charge on any atom is 0.254 e. The lowest BCUT2D eigenvalue weighted by Gasteiger charge is -2.27. The van der Waals surface area contributed by atoms with Gasteiger partial charge < -0.3 is 10.2 Å². The first kappa shape index (κ1) is 13.0. The lowest BCUT2D eigenvalue weighted by Crippen LogP contribution is -2.41. The molecule has 0 radical (unpaired) electrons. The highest BCUT2D eigenvalue weighted by atomic mass is 16.2. The van der Waals surface area contributed by atoms with Gasteiger partial charge in [-0.1, -0.05) is 0 Å². The van der Waals surface area contributed by atoms with Gasteiger partial charge in [0, 0.05) is 37.1 Å². The maximum atomic E-state index is 12.7. The summed E-state index contributed by atoms with van der Waals surface area (Å²) in [5.41, 5.74) is 2.26. The fourth-order valence-corrected chi connectivity index (χ4v) is 2.74. The van der Waals surface area contributed by atoms with E-state index in [0.29, 0.717) is 11.6 Å². The molecule has 1 amide bonds. The van der Waals surface area contributed by atoms with Gasteiger partial charge in [0.1, 0.15) is 0 Å². The second kappa shape index (κ2) is 5.54. The summed E-state index contributed by atoms with van der Waals surface area (Å²) in [6.45, 7) is 4.62. The van der Waals surface area contributed by atoms with Crippen LogP contribution in [-0.4, -0.2) is 46.5 Å². The molecule has 5 nitrogen and oxygen atoms in total. The molecule has 1 atom stereocenters. The molecular weight excluding hydrogens is 252 g/mol. The van der Waals surface area contributed by atoms with E-state index in [4.69, 9.17) is 0 Å². The van der Waals surface area contributed by atoms with Gasteiger partial charge in [-0.05, 0) is 38.1 Å². The molecule has 20 heavy (non-hydrogen) atoms. The van der Waals surface area contributed by atoms with Gasteiger partial charge in [0.05, 0.1) is 11.0 Å². The maximum absolute atomic E-state index is 12.7. The van der Waals surface area contributed by atoms with Gasteiger partial charge in [-0.15, -0.1) is 0 Å². The van der Waals surface area contributed by atoms with Crippen molar-refractivity contribution in [2.75, 3.05) is 19.6 Å². The monoisotopic (exact) mass is 270 g/mol. The summed E-state index contributed by atoms with van der Waals surface area (Å²) < 4.78 is 0. The Morgan fingerprint density at radius 2 is 2.15 bits per heavy atom. The molecule has 1 fully saturated rings. The van der Waals surface area contributed by atoms with Crippen LogP contribution in [0.15, 0.2) is 30.6 Å². The zero-order chi connectivity index (χ0) is 13.9. The summed E-state index contributed by atoms with van der Waals surface area (Å²) >= 11 is 0. The van der Waals surface area contributed by atoms with Crippen molar-refractivity contribution in [3.05, 3.63) is 36.2 Å². The van der Waals surface area contributed by atoms with Crippen molar-refractivity contribution in [2.24, 2.45) is 0 Å². The number of fused-ring (bicyclic) bond motifs is 1. The zero-order valence-electron chi connectivity index (χ0n) is 11.5. The van der Waals surface area contributed by atoms with Crippen molar-refractivity contribution < 1.29 is 4.79 Å². The van der Waals surface area contributed by atoms with Gasteiger partial charge in [-0.3, -0.25) is 14.8 Å². The van der Waals surface area contributed by atoms with Crippen molar-refractivity contribution in [1.29, 1.82) is 0 Å². The summed E-state index contributed by atoms with van der Waals surface area (Å²) in [5.74, 6) is 0.0775. The Kier molecular flexibility index (Phi) is 3.60. The number of nitrogens with one attached hydrogen (secondary N) is 1. The highest BCUT2D eigenvalue weighted by Crippen LogP contribution is 2.16. The van der Waals surface area contributed by atoms with Gasteiger partial charge in [0.15, 0.2) is 0 Å². The number of likely N-dealkylation sites (N-methyl/N-ethyl adjacent to an activating group) is 1. The number of carbonyl (C=O) groups excluding carboxylic acids is 1. The molecule has 0 spiro atoms. The molecule has 1 unspecified atom stereocenters. The first-order chi connectivity index (χ1) is 9.79. The van der Waals surface area contributed by atoms with Gasteiger partial charge in [-0.25, -0.2) is 0 Å². The fourth-order valence-electron chi connectivity index (χ4n) is 2.74. The molecular formula is C15H18N4O. The summed E-state index contributed by atoms with van der Waals surface area (Å²) in [7, 11) is 0. The average molecular weight is 270 g/mol. The lowest BCUT2D eigenvalue weighted by molar-refractivity contribution is 0.0704. The fraction of sp³-hybridized carbons (Fsp3) is 0.400. The van der Waals surface area contributed by atoms with Crippen LogP contribution in [-0.2, 0) is 0 Å². The summed E-state index contributed by atoms with van der Waals surface area (Å²) in [5, 5.41) is 3.31. The van der Waals surface area contributed by atoms with E-state index in [2.05, 4.69) is 15.3 Å². The number of benzene rings is 1. The molecule has 2 heterocycles. The minimum absolute atomic E-state index is 0.0775. The van der Waals surface area contributed by atoms with Gasteiger partial charge >= 0.3 is 0 Å². The highest BCUT2D eigenvalue weighted by Gasteiger charge is 2.26. The molecule has 0 aliphatic carbocycles. The van der Waals surface area contributed by atoms with Crippen LogP contribution in [0, 0.1) is 0 Å². The summed E-state index contributed by atoms with van der Waals surface area (Å²) in [6, 6.07) is 5.82. The first-order valence-electron chi connectivity index (χ1n) is 7.02. The second-order valence-corrected chi connectivity index (χ2v) is 5.00. The molecule has 1 aromatic carbocycles. The van der Waals surface area contributed by atoms with Crippen LogP contribution in [0.1, 0.15) is 23.7 Å². The number of carbonyl (C=O) groups is 1. The Hall–Kier alpha value is -2.01. The molecule has 1 aromatic heterocycles. The molecule has 1 saturated heterocycles. The molecule has 104 valence electrons. The Balaban J connectivity index is 1.90. The third-order valence-corrected chi connectivity index (χ3v) is 3.79. The summed E-state index contributed by atoms with van der Waals surface area (Å²) in [6.07, 6.45) is 4.33. The minimum atomic E-state index is 0.0775. The van der Waals surface area contributed by atoms with Crippen molar-refractivity contribution in [1.82, 2.24) is 20.2 Å². The van der Waals surface area contributed by atoms with Crippen LogP contribution in [0.4, 0.5) is 0 Å². The van der Waals surface area contributed by atoms with Crippen LogP contribution in [0.3, 0.4) is 0 Å². The lowest BCUT2D eigenvalue weighted by atomic mass is 10.1. The topological polar surface area (TPSA) is 58.1 Å². The third kappa shape index (κ3) is 2.36. The first-order valence-corrected chi connectivity index (χ1v) is 7.02. The summed E-state index contributed by atoms with van der Waals surface area (Å²) in [4.78, 5) is 23.1. The van der Waals surface area contributed by atoms with Gasteiger partial charge in [-0.2, -0.15) is 0 Å². The van der Waals surface area contributed by atoms with Crippen molar-refractivity contribution in [3.63, 3.8) is 0 Å². The molecule has 0 bridgehead atoms. The molecule has 5 heteroatoms. The van der Waals surface area contributed by atoms with E-state index in [1.807, 2.05) is 30.0 Å². The van der Waals surface area contributed by atoms with Crippen LogP contribution >= 0.6 is 0 Å². The van der Waals surface area contributed by atoms with E-state index < -0.39 is 0 Å². The zero-order valence-corrected chi connectivity index (χ0v) is 11.5. The van der Waals surface area contributed by atoms with Crippen molar-refractivity contribution in [3.8, 4) is 0 Å². The SMILES string of the molecule is CCN(C(=O)c1ccc2nccnc2c1)C1CCNC1. The van der Waals surface area contributed by atoms with Crippen LogP contribution < -0.4 is 5.32 Å². The Morgan fingerprint density at radius 1 is 1.35 bits per heavy atom.